The number of nitrogens with zero attached hydrogens (tertiary/aromatic N) is 2. The van der Waals surface area contributed by atoms with Gasteiger partial charge in [-0.2, -0.15) is 5.10 Å². The summed E-state index contributed by atoms with van der Waals surface area (Å²) in [5, 5.41) is 7.82. The number of anilines is 1. The Bertz CT molecular complexity index is 1020. The molecule has 8 heteroatoms. The molecular weight excluding hydrogens is 382 g/mol. The average Bonchev–Trinajstić information content (AvgIpc) is 3.18. The molecule has 1 aliphatic rings. The Kier molecular flexibility index (Phi) is 4.68. The number of halogens is 1. The number of nitrogens with one attached hydrogen (secondary N) is 1. The van der Waals surface area contributed by atoms with Gasteiger partial charge in [0.05, 0.1) is 31.0 Å². The van der Waals surface area contributed by atoms with Gasteiger partial charge in [-0.15, -0.1) is 0 Å². The zero-order valence-electron chi connectivity index (χ0n) is 15.1. The molecule has 0 aliphatic heterocycles. The van der Waals surface area contributed by atoms with Crippen LogP contribution in [-0.2, 0) is 21.5 Å². The number of hydrogen-bond donors (Lipinski definition) is 1. The molecule has 1 N–H and O–H groups in total. The molecule has 0 bridgehead atoms. The van der Waals surface area contributed by atoms with Crippen LogP contribution in [0.2, 0.25) is 5.02 Å². The van der Waals surface area contributed by atoms with Crippen molar-refractivity contribution < 1.29 is 18.7 Å². The van der Waals surface area contributed by atoms with Crippen molar-refractivity contribution >= 4 is 29.2 Å². The number of aromatic nitrogens is 2. The molecule has 144 valence electrons. The van der Waals surface area contributed by atoms with Crippen LogP contribution in [0.5, 0.6) is 0 Å². The number of hydrogen-bond acceptors (Lipinski definition) is 5. The first-order chi connectivity index (χ1) is 13.5. The number of ether oxygens (including phenoxy) is 1. The first-order valence-corrected chi connectivity index (χ1v) is 9.15. The summed E-state index contributed by atoms with van der Waals surface area (Å²) < 4.78 is 11.7. The number of carbonyl (C=O) groups excluding carboxylic acids is 2. The van der Waals surface area contributed by atoms with Gasteiger partial charge in [0.25, 0.3) is 0 Å². The maximum Gasteiger partial charge on any atom is 0.373 e. The van der Waals surface area contributed by atoms with Gasteiger partial charge in [-0.25, -0.2) is 4.79 Å². The van der Waals surface area contributed by atoms with Gasteiger partial charge in [-0.1, -0.05) is 23.7 Å². The monoisotopic (exact) mass is 399 g/mol. The Morgan fingerprint density at radius 2 is 2.00 bits per heavy atom. The van der Waals surface area contributed by atoms with Crippen LogP contribution in [0.3, 0.4) is 0 Å². The fourth-order valence-corrected chi connectivity index (χ4v) is 3.26. The molecule has 1 aromatic carbocycles. The van der Waals surface area contributed by atoms with Crippen LogP contribution in [0.15, 0.2) is 53.2 Å². The van der Waals surface area contributed by atoms with Gasteiger partial charge in [0, 0.05) is 11.2 Å². The molecule has 1 fully saturated rings. The lowest BCUT2D eigenvalue weighted by atomic mass is 9.95. The summed E-state index contributed by atoms with van der Waals surface area (Å²) in [6, 6.07) is 10.6. The normalized spacial score (nSPS) is 14.5. The summed E-state index contributed by atoms with van der Waals surface area (Å²) in [5.74, 6) is 0.106. The predicted molar refractivity (Wildman–Crippen MR) is 102 cm³/mol. The van der Waals surface area contributed by atoms with E-state index in [1.807, 2.05) is 12.1 Å². The number of benzene rings is 1. The van der Waals surface area contributed by atoms with Crippen LogP contribution in [0.4, 0.5) is 5.69 Å². The van der Waals surface area contributed by atoms with Crippen molar-refractivity contribution in [3.63, 3.8) is 0 Å². The summed E-state index contributed by atoms with van der Waals surface area (Å²) in [5.41, 5.74) is 1.07. The molecule has 0 unspecified atom stereocenters. The van der Waals surface area contributed by atoms with Gasteiger partial charge in [0.1, 0.15) is 5.76 Å². The Morgan fingerprint density at radius 3 is 2.68 bits per heavy atom. The van der Waals surface area contributed by atoms with Crippen LogP contribution in [0.1, 0.15) is 34.7 Å². The molecule has 1 amide bonds. The standard InChI is InChI=1S/C20H18ClN3O4/c1-27-18(25)17-7-6-16(28-17)12-24-11-15(10-22-24)23-19(26)20(8-9-20)13-2-4-14(21)5-3-13/h2-7,10-11H,8-9,12H2,1H3,(H,23,26). The summed E-state index contributed by atoms with van der Waals surface area (Å²) in [7, 11) is 1.30. The highest BCUT2D eigenvalue weighted by molar-refractivity contribution is 6.30. The second-order valence-electron chi connectivity index (χ2n) is 6.73. The topological polar surface area (TPSA) is 86.4 Å². The molecule has 1 saturated carbocycles. The molecule has 4 rings (SSSR count). The maximum absolute atomic E-state index is 12.8. The average molecular weight is 400 g/mol. The Hall–Kier alpha value is -3.06. The van der Waals surface area contributed by atoms with Crippen LogP contribution in [0.25, 0.3) is 0 Å². The van der Waals surface area contributed by atoms with Gasteiger partial charge < -0.3 is 14.5 Å². The predicted octanol–water partition coefficient (Wildman–Crippen LogP) is 3.63. The first-order valence-electron chi connectivity index (χ1n) is 8.77. The molecule has 2 heterocycles. The molecule has 7 nitrogen and oxygen atoms in total. The molecule has 0 saturated heterocycles. The summed E-state index contributed by atoms with van der Waals surface area (Å²) in [6.07, 6.45) is 4.91. The van der Waals surface area contributed by atoms with Crippen LogP contribution in [-0.4, -0.2) is 28.8 Å². The molecule has 28 heavy (non-hydrogen) atoms. The molecule has 0 radical (unpaired) electrons. The van der Waals surface area contributed by atoms with Crippen LogP contribution >= 0.6 is 11.6 Å². The van der Waals surface area contributed by atoms with E-state index in [2.05, 4.69) is 15.2 Å². The number of carbonyl (C=O) groups is 2. The van der Waals surface area contributed by atoms with Crippen molar-refractivity contribution in [3.05, 3.63) is 70.9 Å². The first kappa shape index (κ1) is 18.3. The van der Waals surface area contributed by atoms with E-state index in [1.54, 1.807) is 41.3 Å². The number of rotatable bonds is 6. The van der Waals surface area contributed by atoms with Crippen molar-refractivity contribution in [1.29, 1.82) is 0 Å². The number of methoxy groups -OCH3 is 1. The molecule has 1 aliphatic carbocycles. The molecular formula is C20H18ClN3O4. The second-order valence-corrected chi connectivity index (χ2v) is 7.16. The van der Waals surface area contributed by atoms with E-state index in [0.29, 0.717) is 23.0 Å². The lowest BCUT2D eigenvalue weighted by Gasteiger charge is -2.15. The number of esters is 1. The smallest absolute Gasteiger partial charge is 0.373 e. The summed E-state index contributed by atoms with van der Waals surface area (Å²) in [4.78, 5) is 24.3. The third-order valence-corrected chi connectivity index (χ3v) is 5.09. The van der Waals surface area contributed by atoms with Gasteiger partial charge in [0.15, 0.2) is 0 Å². The lowest BCUT2D eigenvalue weighted by molar-refractivity contribution is -0.118. The molecule has 3 aromatic rings. The van der Waals surface area contributed by atoms with E-state index in [-0.39, 0.29) is 11.7 Å². The van der Waals surface area contributed by atoms with Gasteiger partial charge in [-0.3, -0.25) is 9.48 Å². The number of furan rings is 1. The number of amides is 1. The maximum atomic E-state index is 12.8. The SMILES string of the molecule is COC(=O)c1ccc(Cn2cc(NC(=O)C3(c4ccc(Cl)cc4)CC3)cn2)o1. The van der Waals surface area contributed by atoms with Crippen molar-refractivity contribution in [3.8, 4) is 0 Å². The second kappa shape index (κ2) is 7.16. The van der Waals surface area contributed by atoms with Crippen molar-refractivity contribution in [2.75, 3.05) is 12.4 Å². The Labute approximate surface area is 166 Å². The van der Waals surface area contributed by atoms with E-state index >= 15 is 0 Å². The van der Waals surface area contributed by atoms with Crippen molar-refractivity contribution in [1.82, 2.24) is 9.78 Å². The quantitative estimate of drug-likeness (QED) is 0.639. The lowest BCUT2D eigenvalue weighted by Crippen LogP contribution is -2.27. The van der Waals surface area contributed by atoms with Crippen molar-refractivity contribution in [2.24, 2.45) is 0 Å². The van der Waals surface area contributed by atoms with Gasteiger partial charge in [-0.05, 0) is 42.7 Å². The highest BCUT2D eigenvalue weighted by Gasteiger charge is 2.51. The van der Waals surface area contributed by atoms with E-state index in [0.717, 1.165) is 18.4 Å². The highest BCUT2D eigenvalue weighted by Crippen LogP contribution is 2.49. The molecule has 0 spiro atoms. The minimum atomic E-state index is -0.531. The fourth-order valence-electron chi connectivity index (χ4n) is 3.14. The van der Waals surface area contributed by atoms with Crippen LogP contribution < -0.4 is 5.32 Å². The van der Waals surface area contributed by atoms with E-state index in [4.69, 9.17) is 16.0 Å². The van der Waals surface area contributed by atoms with Crippen LogP contribution in [0, 0.1) is 0 Å². The zero-order valence-corrected chi connectivity index (χ0v) is 15.9. The summed E-state index contributed by atoms with van der Waals surface area (Å²) >= 11 is 5.94. The Balaban J connectivity index is 1.42. The molecule has 0 atom stereocenters. The fraction of sp³-hybridized carbons (Fsp3) is 0.250. The molecule has 2 aromatic heterocycles. The Morgan fingerprint density at radius 1 is 1.25 bits per heavy atom. The third kappa shape index (κ3) is 3.53. The van der Waals surface area contributed by atoms with E-state index < -0.39 is 11.4 Å². The van der Waals surface area contributed by atoms with Crippen molar-refractivity contribution in [2.45, 2.75) is 24.8 Å². The van der Waals surface area contributed by atoms with Gasteiger partial charge >= 0.3 is 5.97 Å². The third-order valence-electron chi connectivity index (χ3n) is 4.84. The van der Waals surface area contributed by atoms with E-state index in [9.17, 15) is 9.59 Å². The minimum absolute atomic E-state index is 0.0552. The van der Waals surface area contributed by atoms with E-state index in [1.165, 1.54) is 7.11 Å². The summed E-state index contributed by atoms with van der Waals surface area (Å²) in [6.45, 7) is 0.329. The minimum Gasteiger partial charge on any atom is -0.463 e. The highest BCUT2D eigenvalue weighted by atomic mass is 35.5. The largest absolute Gasteiger partial charge is 0.463 e. The van der Waals surface area contributed by atoms with Gasteiger partial charge in [0.2, 0.25) is 11.7 Å². The zero-order chi connectivity index (χ0) is 19.7.